The highest BCUT2D eigenvalue weighted by molar-refractivity contribution is 5.96. The standard InChI is InChI=1S/C35H45N3O9/c1-5-9-11-16-25(27(7-3)38(22-39)46-20-23-14-12-10-13-15-23)33(41)36-21-37-34(42)29-18-17-28(47-29)31-24(6-2)30(45-8-4)19-26(32(31)40)35(43)44/h10,12-15,17-19,22,25,27,40H,5-9,11,16,20-21H2,1-4H3,(H,36,41)(H,37,42)(H,43,44)/t25?,27-/m1/s1. The van der Waals surface area contributed by atoms with Crippen LogP contribution in [-0.2, 0) is 27.5 Å². The Hall–Kier alpha value is -4.84. The molecule has 2 atom stereocenters. The Morgan fingerprint density at radius 2 is 1.77 bits per heavy atom. The molecular weight excluding hydrogens is 606 g/mol. The molecule has 12 heteroatoms. The third-order valence-corrected chi connectivity index (χ3v) is 7.83. The maximum Gasteiger partial charge on any atom is 0.339 e. The molecule has 1 unspecified atom stereocenters. The van der Waals surface area contributed by atoms with Crippen molar-refractivity contribution < 1.29 is 43.4 Å². The summed E-state index contributed by atoms with van der Waals surface area (Å²) in [5.74, 6) is -3.13. The van der Waals surface area contributed by atoms with Crippen LogP contribution in [-0.4, -0.2) is 58.8 Å². The minimum Gasteiger partial charge on any atom is -0.506 e. The van der Waals surface area contributed by atoms with E-state index in [0.29, 0.717) is 37.0 Å². The quantitative estimate of drug-likeness (QED) is 0.0520. The Balaban J connectivity index is 1.73. The summed E-state index contributed by atoms with van der Waals surface area (Å²) in [7, 11) is 0. The monoisotopic (exact) mass is 651 g/mol. The van der Waals surface area contributed by atoms with Crippen molar-refractivity contribution in [3.8, 4) is 22.8 Å². The fourth-order valence-corrected chi connectivity index (χ4v) is 5.46. The van der Waals surface area contributed by atoms with Crippen molar-refractivity contribution >= 4 is 24.2 Å². The van der Waals surface area contributed by atoms with E-state index in [0.717, 1.165) is 24.8 Å². The van der Waals surface area contributed by atoms with Crippen LogP contribution in [0.25, 0.3) is 11.3 Å². The SMILES string of the molecule is CCCCCC(C(=O)NCNC(=O)c1ccc(-c2c(O)c(C(=O)O)cc(OCC)c2CC)o1)[C@@H](CC)N(C=O)OCc1ccccc1. The Morgan fingerprint density at radius 1 is 1.02 bits per heavy atom. The number of amides is 3. The van der Waals surface area contributed by atoms with Gasteiger partial charge in [-0.05, 0) is 49.9 Å². The van der Waals surface area contributed by atoms with Crippen molar-refractivity contribution in [1.29, 1.82) is 0 Å². The number of hydroxylamine groups is 2. The molecule has 3 aromatic rings. The molecule has 0 radical (unpaired) electrons. The maximum absolute atomic E-state index is 13.4. The Morgan fingerprint density at radius 3 is 2.38 bits per heavy atom. The van der Waals surface area contributed by atoms with E-state index < -0.39 is 29.6 Å². The summed E-state index contributed by atoms with van der Waals surface area (Å²) in [6, 6.07) is 13.0. The molecule has 3 rings (SSSR count). The van der Waals surface area contributed by atoms with Gasteiger partial charge >= 0.3 is 5.97 Å². The number of nitrogens with zero attached hydrogens (tertiary/aromatic N) is 1. The minimum atomic E-state index is -1.34. The largest absolute Gasteiger partial charge is 0.506 e. The van der Waals surface area contributed by atoms with E-state index in [1.807, 2.05) is 44.2 Å². The zero-order chi connectivity index (χ0) is 34.3. The number of hydrogen-bond acceptors (Lipinski definition) is 8. The number of aromatic carboxylic acids is 1. The third kappa shape index (κ3) is 9.58. The lowest BCUT2D eigenvalue weighted by atomic mass is 9.90. The van der Waals surface area contributed by atoms with Gasteiger partial charge in [0.2, 0.25) is 12.3 Å². The lowest BCUT2D eigenvalue weighted by Crippen LogP contribution is -2.48. The predicted octanol–water partition coefficient (Wildman–Crippen LogP) is 5.68. The van der Waals surface area contributed by atoms with Crippen molar-refractivity contribution in [3.05, 3.63) is 71.0 Å². The average Bonchev–Trinajstić information content (AvgIpc) is 3.56. The molecule has 0 fully saturated rings. The predicted molar refractivity (Wildman–Crippen MR) is 175 cm³/mol. The molecule has 0 aliphatic rings. The second-order valence-electron chi connectivity index (χ2n) is 10.9. The number of unbranched alkanes of at least 4 members (excludes halogenated alkanes) is 2. The van der Waals surface area contributed by atoms with Gasteiger partial charge < -0.3 is 30.0 Å². The van der Waals surface area contributed by atoms with Gasteiger partial charge in [-0.3, -0.25) is 19.2 Å². The van der Waals surface area contributed by atoms with Crippen LogP contribution in [0.5, 0.6) is 11.5 Å². The van der Waals surface area contributed by atoms with Crippen LogP contribution in [0.1, 0.15) is 91.8 Å². The molecule has 0 aliphatic heterocycles. The van der Waals surface area contributed by atoms with Crippen molar-refractivity contribution in [1.82, 2.24) is 15.7 Å². The van der Waals surface area contributed by atoms with Crippen molar-refractivity contribution in [2.75, 3.05) is 13.3 Å². The number of carbonyl (C=O) groups is 4. The van der Waals surface area contributed by atoms with Crippen LogP contribution < -0.4 is 15.4 Å². The molecule has 0 aliphatic carbocycles. The second kappa shape index (κ2) is 18.3. The van der Waals surface area contributed by atoms with Crippen LogP contribution in [0.2, 0.25) is 0 Å². The fraction of sp³-hybridized carbons (Fsp3) is 0.429. The molecule has 2 aromatic carbocycles. The summed E-state index contributed by atoms with van der Waals surface area (Å²) < 4.78 is 11.4. The topological polar surface area (TPSA) is 168 Å². The van der Waals surface area contributed by atoms with Gasteiger partial charge in [0, 0.05) is 5.56 Å². The number of nitrogens with one attached hydrogen (secondary N) is 2. The van der Waals surface area contributed by atoms with Gasteiger partial charge in [-0.15, -0.1) is 0 Å². The number of hydrogen-bond donors (Lipinski definition) is 4. The Kier molecular flexibility index (Phi) is 14.3. The first-order chi connectivity index (χ1) is 22.7. The van der Waals surface area contributed by atoms with Gasteiger partial charge in [0.1, 0.15) is 29.4 Å². The van der Waals surface area contributed by atoms with Gasteiger partial charge in [-0.1, -0.05) is 70.4 Å². The number of benzene rings is 2. The molecule has 0 saturated carbocycles. The van der Waals surface area contributed by atoms with Gasteiger partial charge in [0.25, 0.3) is 5.91 Å². The number of carboxylic acids is 1. The smallest absolute Gasteiger partial charge is 0.339 e. The summed E-state index contributed by atoms with van der Waals surface area (Å²) in [4.78, 5) is 56.1. The molecule has 47 heavy (non-hydrogen) atoms. The van der Waals surface area contributed by atoms with E-state index in [1.165, 1.54) is 23.3 Å². The molecule has 12 nitrogen and oxygen atoms in total. The maximum atomic E-state index is 13.4. The van der Waals surface area contributed by atoms with Crippen LogP contribution in [0.4, 0.5) is 0 Å². The van der Waals surface area contributed by atoms with E-state index >= 15 is 0 Å². The van der Waals surface area contributed by atoms with Gasteiger partial charge in [0.05, 0.1) is 30.8 Å². The van der Waals surface area contributed by atoms with Crippen LogP contribution in [0, 0.1) is 5.92 Å². The van der Waals surface area contributed by atoms with E-state index in [2.05, 4.69) is 17.6 Å². The first-order valence-electron chi connectivity index (χ1n) is 16.0. The highest BCUT2D eigenvalue weighted by atomic mass is 16.7. The molecule has 0 spiro atoms. The summed E-state index contributed by atoms with van der Waals surface area (Å²) >= 11 is 0. The number of furan rings is 1. The molecule has 1 heterocycles. The number of ether oxygens (including phenoxy) is 1. The van der Waals surface area contributed by atoms with Crippen molar-refractivity contribution in [3.63, 3.8) is 0 Å². The van der Waals surface area contributed by atoms with Crippen molar-refractivity contribution in [2.24, 2.45) is 5.92 Å². The summed E-state index contributed by atoms with van der Waals surface area (Å²) in [5, 5.41) is 27.0. The van der Waals surface area contributed by atoms with Gasteiger partial charge in [0.15, 0.2) is 5.76 Å². The normalized spacial score (nSPS) is 12.2. The number of rotatable bonds is 20. The Bertz CT molecular complexity index is 1490. The van der Waals surface area contributed by atoms with Crippen LogP contribution in [0.3, 0.4) is 0 Å². The number of carboxylic acid groups (broad SMARTS) is 1. The molecule has 3 amide bonds. The Labute approximate surface area is 275 Å². The van der Waals surface area contributed by atoms with Gasteiger partial charge in [-0.25, -0.2) is 9.86 Å². The summed E-state index contributed by atoms with van der Waals surface area (Å²) in [6.07, 6.45) is 4.63. The molecular formula is C35H45N3O9. The second-order valence-corrected chi connectivity index (χ2v) is 10.9. The summed E-state index contributed by atoms with van der Waals surface area (Å²) in [6.45, 7) is 7.76. The number of carbonyl (C=O) groups excluding carboxylic acids is 3. The van der Waals surface area contributed by atoms with E-state index in [1.54, 1.807) is 6.92 Å². The zero-order valence-corrected chi connectivity index (χ0v) is 27.4. The highest BCUT2D eigenvalue weighted by Gasteiger charge is 2.32. The zero-order valence-electron chi connectivity index (χ0n) is 27.4. The average molecular weight is 652 g/mol. The fourth-order valence-electron chi connectivity index (χ4n) is 5.46. The third-order valence-electron chi connectivity index (χ3n) is 7.83. The molecule has 1 aromatic heterocycles. The molecule has 0 bridgehead atoms. The van der Waals surface area contributed by atoms with E-state index in [-0.39, 0.29) is 48.4 Å². The number of aromatic hydroxyl groups is 1. The summed E-state index contributed by atoms with van der Waals surface area (Å²) in [5.41, 5.74) is 1.18. The van der Waals surface area contributed by atoms with Gasteiger partial charge in [-0.2, -0.15) is 0 Å². The molecule has 0 saturated heterocycles. The lowest BCUT2D eigenvalue weighted by molar-refractivity contribution is -0.200. The highest BCUT2D eigenvalue weighted by Crippen LogP contribution is 2.42. The van der Waals surface area contributed by atoms with E-state index in [4.69, 9.17) is 14.0 Å². The number of phenols is 1. The van der Waals surface area contributed by atoms with Crippen LogP contribution >= 0.6 is 0 Å². The lowest BCUT2D eigenvalue weighted by Gasteiger charge is -2.32. The first kappa shape index (κ1) is 36.6. The molecule has 254 valence electrons. The minimum absolute atomic E-state index is 0.0869. The molecule has 4 N–H and O–H groups in total. The van der Waals surface area contributed by atoms with Crippen LogP contribution in [0.15, 0.2) is 52.9 Å². The first-order valence-corrected chi connectivity index (χ1v) is 16.0. The van der Waals surface area contributed by atoms with E-state index in [9.17, 15) is 29.4 Å². The van der Waals surface area contributed by atoms with Crippen molar-refractivity contribution in [2.45, 2.75) is 78.9 Å².